The summed E-state index contributed by atoms with van der Waals surface area (Å²) in [5.74, 6) is 2.03. The molecule has 1 atom stereocenters. The van der Waals surface area contributed by atoms with E-state index in [9.17, 15) is 0 Å². The first-order valence-electron chi connectivity index (χ1n) is 6.30. The number of ether oxygens (including phenoxy) is 2. The van der Waals surface area contributed by atoms with Gasteiger partial charge in [-0.25, -0.2) is 0 Å². The van der Waals surface area contributed by atoms with Crippen molar-refractivity contribution in [3.8, 4) is 11.5 Å². The number of rotatable bonds is 3. The average Bonchev–Trinajstić information content (AvgIpc) is 2.39. The van der Waals surface area contributed by atoms with Crippen LogP contribution in [0.5, 0.6) is 11.5 Å². The van der Waals surface area contributed by atoms with Gasteiger partial charge in [0.15, 0.2) is 0 Å². The minimum absolute atomic E-state index is 0.399. The van der Waals surface area contributed by atoms with Crippen molar-refractivity contribution in [1.82, 2.24) is 5.32 Å². The number of nitrogens with one attached hydrogen (secondary N) is 1. The van der Waals surface area contributed by atoms with E-state index >= 15 is 0 Å². The molecule has 0 radical (unpaired) electrons. The van der Waals surface area contributed by atoms with Gasteiger partial charge in [0.2, 0.25) is 0 Å². The number of halogens is 1. The Hall–Kier alpha value is -0.930. The van der Waals surface area contributed by atoms with Crippen LogP contribution < -0.4 is 14.8 Å². The smallest absolute Gasteiger partial charge is 0.140 e. The molecule has 1 fully saturated rings. The van der Waals surface area contributed by atoms with Gasteiger partial charge < -0.3 is 14.8 Å². The van der Waals surface area contributed by atoms with E-state index in [2.05, 4.69) is 5.32 Å². The van der Waals surface area contributed by atoms with Gasteiger partial charge in [-0.3, -0.25) is 0 Å². The Balaban J connectivity index is 2.48. The highest BCUT2D eigenvalue weighted by Crippen LogP contribution is 2.43. The van der Waals surface area contributed by atoms with Gasteiger partial charge in [-0.2, -0.15) is 0 Å². The molecule has 4 heteroatoms. The molecule has 18 heavy (non-hydrogen) atoms. The molecule has 1 unspecified atom stereocenters. The first-order valence-corrected chi connectivity index (χ1v) is 6.68. The third-order valence-electron chi connectivity index (χ3n) is 3.54. The van der Waals surface area contributed by atoms with Crippen LogP contribution in [0, 0.1) is 6.92 Å². The molecule has 0 aliphatic carbocycles. The molecule has 1 N–H and O–H groups in total. The van der Waals surface area contributed by atoms with Crippen molar-refractivity contribution in [1.29, 1.82) is 0 Å². The van der Waals surface area contributed by atoms with Crippen LogP contribution in [0.3, 0.4) is 0 Å². The Bertz CT molecular complexity index is 428. The molecular weight excluding hydrogens is 250 g/mol. The van der Waals surface area contributed by atoms with Gasteiger partial charge in [-0.15, -0.1) is 0 Å². The van der Waals surface area contributed by atoms with Crippen molar-refractivity contribution in [3.05, 3.63) is 22.2 Å². The van der Waals surface area contributed by atoms with Gasteiger partial charge in [-0.05, 0) is 37.9 Å². The molecule has 1 aliphatic heterocycles. The van der Waals surface area contributed by atoms with Crippen LogP contribution >= 0.6 is 11.6 Å². The van der Waals surface area contributed by atoms with E-state index < -0.39 is 0 Å². The molecule has 1 heterocycles. The maximum atomic E-state index is 6.50. The van der Waals surface area contributed by atoms with Gasteiger partial charge in [0.05, 0.1) is 19.2 Å². The molecular formula is C14H20ClNO2. The predicted molar refractivity (Wildman–Crippen MR) is 74.1 cm³/mol. The lowest BCUT2D eigenvalue weighted by atomic mass is 9.90. The molecule has 0 aromatic heterocycles. The number of aryl methyl sites for hydroxylation is 1. The molecule has 0 amide bonds. The normalized spacial score (nSPS) is 19.7. The summed E-state index contributed by atoms with van der Waals surface area (Å²) in [5.41, 5.74) is 2.08. The van der Waals surface area contributed by atoms with E-state index in [1.165, 1.54) is 6.42 Å². The molecule has 1 aromatic rings. The lowest BCUT2D eigenvalue weighted by Crippen LogP contribution is -2.28. The summed E-state index contributed by atoms with van der Waals surface area (Å²) in [5, 5.41) is 4.11. The van der Waals surface area contributed by atoms with Crippen LogP contribution in [-0.4, -0.2) is 27.3 Å². The molecule has 1 saturated heterocycles. The van der Waals surface area contributed by atoms with Crippen LogP contribution in [0.4, 0.5) is 0 Å². The lowest BCUT2D eigenvalue weighted by Gasteiger charge is -2.26. The van der Waals surface area contributed by atoms with Crippen LogP contribution in [0.1, 0.15) is 29.9 Å². The minimum atomic E-state index is 0.399. The minimum Gasteiger partial charge on any atom is -0.496 e. The van der Waals surface area contributed by atoms with Gasteiger partial charge in [-0.1, -0.05) is 11.6 Å². The molecule has 100 valence electrons. The van der Waals surface area contributed by atoms with Crippen LogP contribution in [-0.2, 0) is 0 Å². The van der Waals surface area contributed by atoms with Gasteiger partial charge >= 0.3 is 0 Å². The fraction of sp³-hybridized carbons (Fsp3) is 0.571. The predicted octanol–water partition coefficient (Wildman–Crippen LogP) is 3.13. The van der Waals surface area contributed by atoms with Crippen molar-refractivity contribution >= 4 is 11.6 Å². The van der Waals surface area contributed by atoms with E-state index in [0.717, 1.165) is 42.1 Å². The highest BCUT2D eigenvalue weighted by molar-refractivity contribution is 6.33. The Morgan fingerprint density at radius 2 is 2.11 bits per heavy atom. The number of piperidine rings is 1. The summed E-state index contributed by atoms with van der Waals surface area (Å²) in [4.78, 5) is 0. The van der Waals surface area contributed by atoms with Gasteiger partial charge in [0, 0.05) is 18.0 Å². The topological polar surface area (TPSA) is 30.5 Å². The van der Waals surface area contributed by atoms with Crippen molar-refractivity contribution in [2.24, 2.45) is 0 Å². The van der Waals surface area contributed by atoms with Crippen LogP contribution in [0.15, 0.2) is 6.07 Å². The fourth-order valence-corrected chi connectivity index (χ4v) is 3.12. The zero-order valence-corrected chi connectivity index (χ0v) is 11.9. The summed E-state index contributed by atoms with van der Waals surface area (Å²) in [7, 11) is 3.35. The third-order valence-corrected chi connectivity index (χ3v) is 3.91. The average molecular weight is 270 g/mol. The summed E-state index contributed by atoms with van der Waals surface area (Å²) < 4.78 is 10.9. The molecule has 0 bridgehead atoms. The molecule has 1 aliphatic rings. The second-order valence-electron chi connectivity index (χ2n) is 4.70. The fourth-order valence-electron chi connectivity index (χ4n) is 2.64. The van der Waals surface area contributed by atoms with Crippen molar-refractivity contribution < 1.29 is 9.47 Å². The second-order valence-corrected chi connectivity index (χ2v) is 5.08. The highest BCUT2D eigenvalue weighted by atomic mass is 35.5. The maximum absolute atomic E-state index is 6.50. The first-order chi connectivity index (χ1) is 8.69. The summed E-state index contributed by atoms with van der Waals surface area (Å²) >= 11 is 6.50. The second kappa shape index (κ2) is 5.81. The Morgan fingerprint density at radius 3 is 2.67 bits per heavy atom. The van der Waals surface area contributed by atoms with Gasteiger partial charge in [0.1, 0.15) is 11.5 Å². The Kier molecular flexibility index (Phi) is 4.36. The molecule has 1 aromatic carbocycles. The largest absolute Gasteiger partial charge is 0.496 e. The zero-order valence-electron chi connectivity index (χ0n) is 11.2. The monoisotopic (exact) mass is 269 g/mol. The maximum Gasteiger partial charge on any atom is 0.140 e. The zero-order chi connectivity index (χ0) is 13.1. The Labute approximate surface area is 113 Å². The molecule has 2 rings (SSSR count). The summed E-state index contributed by atoms with van der Waals surface area (Å²) in [6.07, 6.45) is 2.30. The van der Waals surface area contributed by atoms with Crippen molar-refractivity contribution in [2.45, 2.75) is 25.7 Å². The van der Waals surface area contributed by atoms with Crippen LogP contribution in [0.25, 0.3) is 0 Å². The standard InChI is InChI=1S/C14H20ClNO2/c1-9-7-11(17-2)12(13(15)14(9)18-3)10-5-4-6-16-8-10/h7,10,16H,4-6,8H2,1-3H3. The van der Waals surface area contributed by atoms with Gasteiger partial charge in [0.25, 0.3) is 0 Å². The lowest BCUT2D eigenvalue weighted by molar-refractivity contribution is 0.382. The first kappa shape index (κ1) is 13.5. The summed E-state index contributed by atoms with van der Waals surface area (Å²) in [6.45, 7) is 4.01. The molecule has 0 saturated carbocycles. The quantitative estimate of drug-likeness (QED) is 0.915. The van der Waals surface area contributed by atoms with E-state index in [0.29, 0.717) is 10.9 Å². The van der Waals surface area contributed by atoms with E-state index in [1.54, 1.807) is 14.2 Å². The van der Waals surface area contributed by atoms with E-state index in [1.807, 2.05) is 13.0 Å². The van der Waals surface area contributed by atoms with Crippen LogP contribution in [0.2, 0.25) is 5.02 Å². The highest BCUT2D eigenvalue weighted by Gasteiger charge is 2.25. The third kappa shape index (κ3) is 2.43. The van der Waals surface area contributed by atoms with E-state index in [4.69, 9.17) is 21.1 Å². The van der Waals surface area contributed by atoms with Crippen molar-refractivity contribution in [2.75, 3.05) is 27.3 Å². The Morgan fingerprint density at radius 1 is 1.33 bits per heavy atom. The SMILES string of the molecule is COc1cc(C)c(OC)c(Cl)c1C1CCCNC1. The number of hydrogen-bond acceptors (Lipinski definition) is 3. The van der Waals surface area contributed by atoms with E-state index in [-0.39, 0.29) is 0 Å². The van der Waals surface area contributed by atoms with Crippen molar-refractivity contribution in [3.63, 3.8) is 0 Å². The molecule has 0 spiro atoms. The number of methoxy groups -OCH3 is 2. The number of benzene rings is 1. The molecule has 3 nitrogen and oxygen atoms in total. The number of hydrogen-bond donors (Lipinski definition) is 1. The summed E-state index contributed by atoms with van der Waals surface area (Å²) in [6, 6.07) is 2.01.